The summed E-state index contributed by atoms with van der Waals surface area (Å²) in [4.78, 5) is 28.4. The van der Waals surface area contributed by atoms with Gasteiger partial charge in [-0.25, -0.2) is 4.79 Å². The maximum absolute atomic E-state index is 13.7. The van der Waals surface area contributed by atoms with E-state index in [0.29, 0.717) is 29.6 Å². The first-order chi connectivity index (χ1) is 15.5. The Bertz CT molecular complexity index is 935. The van der Waals surface area contributed by atoms with Crippen molar-refractivity contribution < 1.29 is 19.1 Å². The summed E-state index contributed by atoms with van der Waals surface area (Å²) in [6.45, 7) is 20.0. The number of thiophene rings is 1. The zero-order chi connectivity index (χ0) is 25.9. The number of carbonyl (C=O) groups is 2. The highest BCUT2D eigenvalue weighted by Crippen LogP contribution is 2.38. The van der Waals surface area contributed by atoms with Gasteiger partial charge in [-0.2, -0.15) is 0 Å². The number of aromatic carboxylic acids is 1. The Morgan fingerprint density at radius 2 is 1.74 bits per heavy atom. The summed E-state index contributed by atoms with van der Waals surface area (Å²) in [7, 11) is -1.99. The first kappa shape index (κ1) is 28.6. The summed E-state index contributed by atoms with van der Waals surface area (Å²) >= 11 is 1.15. The predicted molar refractivity (Wildman–Crippen MR) is 144 cm³/mol. The van der Waals surface area contributed by atoms with E-state index in [9.17, 15) is 14.7 Å². The second-order valence-corrected chi connectivity index (χ2v) is 18.0. The van der Waals surface area contributed by atoms with Gasteiger partial charge in [0.2, 0.25) is 5.91 Å². The lowest BCUT2D eigenvalue weighted by molar-refractivity contribution is -0.123. The number of rotatable bonds is 7. The van der Waals surface area contributed by atoms with Gasteiger partial charge in [-0.05, 0) is 76.6 Å². The second-order valence-electron chi connectivity index (χ2n) is 12.2. The fourth-order valence-corrected chi connectivity index (χ4v) is 5.62. The van der Waals surface area contributed by atoms with Crippen LogP contribution in [-0.4, -0.2) is 38.5 Å². The highest BCUT2D eigenvalue weighted by molar-refractivity contribution is 7.15. The molecule has 0 aromatic carbocycles. The smallest absolute Gasteiger partial charge is 0.348 e. The van der Waals surface area contributed by atoms with Crippen molar-refractivity contribution in [2.45, 2.75) is 92.3 Å². The first-order valence-corrected chi connectivity index (χ1v) is 16.1. The van der Waals surface area contributed by atoms with Crippen LogP contribution in [0.5, 0.6) is 0 Å². The monoisotopic (exact) mass is 505 g/mol. The summed E-state index contributed by atoms with van der Waals surface area (Å²) in [6, 6.07) is 1.78. The van der Waals surface area contributed by atoms with Gasteiger partial charge in [0.15, 0.2) is 8.32 Å². The van der Waals surface area contributed by atoms with Crippen LogP contribution in [0.1, 0.15) is 88.7 Å². The molecule has 190 valence electrons. The van der Waals surface area contributed by atoms with Crippen LogP contribution in [0.3, 0.4) is 0 Å². The number of carbonyl (C=O) groups excluding carboxylic acids is 1. The number of hydrogen-bond donors (Lipinski definition) is 1. The molecule has 5 nitrogen and oxygen atoms in total. The van der Waals surface area contributed by atoms with Gasteiger partial charge in [-0.3, -0.25) is 4.79 Å². The lowest BCUT2D eigenvalue weighted by atomic mass is 9.82. The van der Waals surface area contributed by atoms with Crippen LogP contribution in [0, 0.1) is 29.1 Å². The van der Waals surface area contributed by atoms with Gasteiger partial charge in [0.05, 0.1) is 17.2 Å². The molecular formula is C27H43NO4SSi. The molecule has 0 unspecified atom stereocenters. The highest BCUT2D eigenvalue weighted by Gasteiger charge is 2.38. The third-order valence-corrected chi connectivity index (χ3v) is 12.5. The molecule has 0 atom stereocenters. The highest BCUT2D eigenvalue weighted by atomic mass is 32.1. The van der Waals surface area contributed by atoms with Gasteiger partial charge >= 0.3 is 5.97 Å². The Morgan fingerprint density at radius 1 is 1.15 bits per heavy atom. The maximum atomic E-state index is 13.7. The molecule has 1 aliphatic rings. The van der Waals surface area contributed by atoms with Crippen molar-refractivity contribution >= 4 is 37.2 Å². The van der Waals surface area contributed by atoms with Crippen LogP contribution < -0.4 is 4.90 Å². The van der Waals surface area contributed by atoms with E-state index in [1.165, 1.54) is 0 Å². The Kier molecular flexibility index (Phi) is 9.23. The van der Waals surface area contributed by atoms with E-state index >= 15 is 0 Å². The zero-order valence-electron chi connectivity index (χ0n) is 22.5. The minimum Gasteiger partial charge on any atom is -0.477 e. The molecule has 0 bridgehead atoms. The lowest BCUT2D eigenvalue weighted by Crippen LogP contribution is -2.45. The second kappa shape index (κ2) is 11.0. The van der Waals surface area contributed by atoms with E-state index in [-0.39, 0.29) is 27.2 Å². The van der Waals surface area contributed by atoms with E-state index in [1.807, 2.05) is 20.8 Å². The third-order valence-electron chi connectivity index (χ3n) is 6.97. The third kappa shape index (κ3) is 7.69. The average molecular weight is 506 g/mol. The zero-order valence-corrected chi connectivity index (χ0v) is 24.3. The molecular weight excluding hydrogens is 462 g/mol. The quantitative estimate of drug-likeness (QED) is 0.319. The predicted octanol–water partition coefficient (Wildman–Crippen LogP) is 7.03. The van der Waals surface area contributed by atoms with Gasteiger partial charge in [0.25, 0.3) is 0 Å². The number of hydrogen-bond acceptors (Lipinski definition) is 4. The van der Waals surface area contributed by atoms with Gasteiger partial charge in [-0.15, -0.1) is 11.3 Å². The summed E-state index contributed by atoms with van der Waals surface area (Å²) in [5.41, 5.74) is 0.261. The van der Waals surface area contributed by atoms with Gasteiger partial charge < -0.3 is 14.4 Å². The molecule has 0 spiro atoms. The maximum Gasteiger partial charge on any atom is 0.348 e. The number of carboxylic acid groups (broad SMARTS) is 1. The van der Waals surface area contributed by atoms with Crippen LogP contribution in [-0.2, 0) is 9.22 Å². The number of nitrogens with zero attached hydrogens (tertiary/aromatic N) is 1. The molecule has 2 rings (SSSR count). The summed E-state index contributed by atoms with van der Waals surface area (Å²) in [6.07, 6.45) is 3.76. The van der Waals surface area contributed by atoms with Crippen molar-refractivity contribution in [2.75, 3.05) is 18.1 Å². The summed E-state index contributed by atoms with van der Waals surface area (Å²) in [5, 5.41) is 10.0. The summed E-state index contributed by atoms with van der Waals surface area (Å²) < 4.78 is 6.37. The molecule has 0 aliphatic heterocycles. The number of amides is 1. The Morgan fingerprint density at radius 3 is 2.24 bits per heavy atom. The van der Waals surface area contributed by atoms with Crippen LogP contribution >= 0.6 is 11.3 Å². The number of carboxylic acids is 1. The Labute approximate surface area is 211 Å². The van der Waals surface area contributed by atoms with Gasteiger partial charge in [-0.1, -0.05) is 39.5 Å². The van der Waals surface area contributed by atoms with E-state index in [4.69, 9.17) is 4.43 Å². The van der Waals surface area contributed by atoms with Crippen molar-refractivity contribution in [1.82, 2.24) is 0 Å². The van der Waals surface area contributed by atoms with E-state index in [1.54, 1.807) is 11.0 Å². The van der Waals surface area contributed by atoms with Crippen LogP contribution in [0.2, 0.25) is 18.1 Å². The molecule has 1 fully saturated rings. The molecule has 0 radical (unpaired) electrons. The van der Waals surface area contributed by atoms with Gasteiger partial charge in [0.1, 0.15) is 4.88 Å². The van der Waals surface area contributed by atoms with Crippen molar-refractivity contribution in [1.29, 1.82) is 0 Å². The van der Waals surface area contributed by atoms with Crippen LogP contribution in [0.25, 0.3) is 0 Å². The topological polar surface area (TPSA) is 66.8 Å². The molecule has 1 aromatic rings. The molecule has 1 heterocycles. The van der Waals surface area contributed by atoms with Crippen molar-refractivity contribution in [3.8, 4) is 11.8 Å². The standard InChI is InChI=1S/C27H43NO4SSi/c1-19-10-12-20(13-11-19)24(29)28(16-17-32-34(8,9)27(5,6)7)22-18-21(14-15-26(2,3)4)33-23(22)25(30)31/h18-20H,10-13,16-17H2,1-9H3,(H,30,31)/t19-,20-. The van der Waals surface area contributed by atoms with Crippen LogP contribution in [0.15, 0.2) is 6.07 Å². The van der Waals surface area contributed by atoms with E-state index < -0.39 is 14.3 Å². The van der Waals surface area contributed by atoms with Crippen molar-refractivity contribution in [3.63, 3.8) is 0 Å². The molecule has 1 saturated carbocycles. The molecule has 1 N–H and O–H groups in total. The van der Waals surface area contributed by atoms with Gasteiger partial charge in [0, 0.05) is 17.9 Å². The number of anilines is 1. The fraction of sp³-hybridized carbons (Fsp3) is 0.704. The lowest BCUT2D eigenvalue weighted by Gasteiger charge is -2.37. The Hall–Kier alpha value is -1.62. The molecule has 0 saturated heterocycles. The van der Waals surface area contributed by atoms with E-state index in [2.05, 4.69) is 52.6 Å². The largest absolute Gasteiger partial charge is 0.477 e. The first-order valence-electron chi connectivity index (χ1n) is 12.4. The fourth-order valence-electron chi connectivity index (χ4n) is 3.73. The molecule has 34 heavy (non-hydrogen) atoms. The normalized spacial score (nSPS) is 19.3. The molecule has 1 amide bonds. The van der Waals surface area contributed by atoms with E-state index in [0.717, 1.165) is 37.0 Å². The minimum atomic E-state index is -1.99. The molecule has 1 aromatic heterocycles. The Balaban J connectivity index is 2.40. The SMILES string of the molecule is CC(C)(C)C#Cc1cc(N(CCO[Si](C)(C)C(C)(C)C)C(=O)[C@H]2CC[C@H](C)CC2)c(C(=O)O)s1. The molecule has 7 heteroatoms. The van der Waals surface area contributed by atoms with Crippen molar-refractivity contribution in [3.05, 3.63) is 15.8 Å². The van der Waals surface area contributed by atoms with Crippen molar-refractivity contribution in [2.24, 2.45) is 17.3 Å². The summed E-state index contributed by atoms with van der Waals surface area (Å²) in [5.74, 6) is 5.85. The van der Waals surface area contributed by atoms with Crippen LogP contribution in [0.4, 0.5) is 5.69 Å². The average Bonchev–Trinajstić information content (AvgIpc) is 3.13. The minimum absolute atomic E-state index is 0.0152. The molecule has 1 aliphatic carbocycles.